The second kappa shape index (κ2) is 6.98. The van der Waals surface area contributed by atoms with E-state index in [0.717, 1.165) is 39.3 Å². The van der Waals surface area contributed by atoms with Gasteiger partial charge in [0.1, 0.15) is 5.75 Å². The second-order valence-electron chi connectivity index (χ2n) is 5.82. The Balaban J connectivity index is 1.83. The molecule has 1 aromatic carbocycles. The maximum Gasteiger partial charge on any atom is 0.221 e. The quantitative estimate of drug-likeness (QED) is 0.841. The molecule has 2 aromatic rings. The summed E-state index contributed by atoms with van der Waals surface area (Å²) >= 11 is 7.13. The van der Waals surface area contributed by atoms with Gasteiger partial charge in [-0.15, -0.1) is 11.3 Å². The van der Waals surface area contributed by atoms with Gasteiger partial charge in [0.25, 0.3) is 0 Å². The molecule has 5 nitrogen and oxygen atoms in total. The lowest BCUT2D eigenvalue weighted by Crippen LogP contribution is -2.41. The van der Waals surface area contributed by atoms with Crippen molar-refractivity contribution in [3.8, 4) is 5.75 Å². The molecule has 1 fully saturated rings. The summed E-state index contributed by atoms with van der Waals surface area (Å²) in [6.07, 6.45) is 1.89. The maximum atomic E-state index is 11.4. The predicted molar refractivity (Wildman–Crippen MR) is 95.3 cm³/mol. The van der Waals surface area contributed by atoms with Crippen LogP contribution in [-0.4, -0.2) is 35.1 Å². The molecule has 2 heterocycles. The van der Waals surface area contributed by atoms with Crippen molar-refractivity contribution in [3.05, 3.63) is 22.2 Å². The summed E-state index contributed by atoms with van der Waals surface area (Å²) in [6.45, 7) is 5.02. The van der Waals surface area contributed by atoms with Crippen LogP contribution < -0.4 is 10.5 Å². The first-order valence-electron chi connectivity index (χ1n) is 7.86. The molecule has 0 bridgehead atoms. The second-order valence-corrected chi connectivity index (χ2v) is 7.49. The van der Waals surface area contributed by atoms with Crippen LogP contribution in [0.2, 0.25) is 0 Å². The summed E-state index contributed by atoms with van der Waals surface area (Å²) < 4.78 is 9.66. The smallest absolute Gasteiger partial charge is 0.221 e. The molecule has 0 saturated carbocycles. The first-order chi connectivity index (χ1) is 11.1. The molecule has 0 spiro atoms. The average molecular weight is 351 g/mol. The number of benzene rings is 1. The van der Waals surface area contributed by atoms with Gasteiger partial charge in [0.15, 0.2) is 3.95 Å². The Morgan fingerprint density at radius 3 is 3.09 bits per heavy atom. The third-order valence-electron chi connectivity index (χ3n) is 4.20. The first-order valence-corrected chi connectivity index (χ1v) is 9.09. The minimum Gasteiger partial charge on any atom is -0.494 e. The Morgan fingerprint density at radius 1 is 1.52 bits per heavy atom. The molecule has 0 aliphatic carbocycles. The Labute approximate surface area is 144 Å². The highest BCUT2D eigenvalue weighted by molar-refractivity contribution is 7.73. The number of primary amides is 1. The fourth-order valence-corrected chi connectivity index (χ4v) is 4.39. The molecule has 1 atom stereocenters. The summed E-state index contributed by atoms with van der Waals surface area (Å²) in [7, 11) is 0. The lowest BCUT2D eigenvalue weighted by molar-refractivity contribution is -0.123. The lowest BCUT2D eigenvalue weighted by Gasteiger charge is -2.31. The van der Waals surface area contributed by atoms with Crippen LogP contribution in [0.15, 0.2) is 18.2 Å². The number of ether oxygens (including phenoxy) is 1. The van der Waals surface area contributed by atoms with Gasteiger partial charge < -0.3 is 15.0 Å². The van der Waals surface area contributed by atoms with Crippen LogP contribution in [0.4, 0.5) is 0 Å². The molecule has 1 aliphatic heterocycles. The number of hydrogen-bond acceptors (Lipinski definition) is 5. The molecule has 23 heavy (non-hydrogen) atoms. The van der Waals surface area contributed by atoms with E-state index in [0.29, 0.717) is 19.8 Å². The van der Waals surface area contributed by atoms with Gasteiger partial charge in [-0.2, -0.15) is 0 Å². The number of hydrogen-bond donors (Lipinski definition) is 1. The number of aromatic nitrogens is 1. The van der Waals surface area contributed by atoms with Gasteiger partial charge in [-0.05, 0) is 56.7 Å². The fourth-order valence-electron chi connectivity index (χ4n) is 3.05. The molecule has 1 aromatic heterocycles. The number of amides is 1. The first kappa shape index (κ1) is 16.4. The molecule has 2 N–H and O–H groups in total. The standard InChI is InChI=1S/C16H21N3O2S2/c1-2-21-12-5-6-13-14(8-12)23-16(22)19(13)10-18-7-3-4-11(9-18)15(17)20/h5-6,8,11H,2-4,7,9-10H2,1H3,(H2,17,20)/t11-/m1/s1. The highest BCUT2D eigenvalue weighted by Gasteiger charge is 2.24. The normalized spacial score (nSPS) is 19.1. The Hall–Kier alpha value is -1.44. The highest BCUT2D eigenvalue weighted by atomic mass is 32.1. The molecule has 1 amide bonds. The topological polar surface area (TPSA) is 60.5 Å². The van der Waals surface area contributed by atoms with Gasteiger partial charge >= 0.3 is 0 Å². The van der Waals surface area contributed by atoms with Crippen molar-refractivity contribution in [2.75, 3.05) is 19.7 Å². The summed E-state index contributed by atoms with van der Waals surface area (Å²) in [6, 6.07) is 6.08. The number of nitrogens with two attached hydrogens (primary N) is 1. The van der Waals surface area contributed by atoms with E-state index in [1.807, 2.05) is 19.1 Å². The lowest BCUT2D eigenvalue weighted by atomic mass is 9.98. The minimum atomic E-state index is -0.199. The van der Waals surface area contributed by atoms with E-state index in [4.69, 9.17) is 22.7 Å². The third-order valence-corrected chi connectivity index (χ3v) is 5.61. The zero-order valence-corrected chi connectivity index (χ0v) is 14.8. The van der Waals surface area contributed by atoms with Crippen molar-refractivity contribution in [1.29, 1.82) is 0 Å². The number of piperidine rings is 1. The number of thiazole rings is 1. The molecule has 3 rings (SSSR count). The molecule has 0 radical (unpaired) electrons. The van der Waals surface area contributed by atoms with E-state index in [9.17, 15) is 4.79 Å². The van der Waals surface area contributed by atoms with E-state index in [-0.39, 0.29) is 11.8 Å². The maximum absolute atomic E-state index is 11.4. The van der Waals surface area contributed by atoms with Crippen LogP contribution in [0, 0.1) is 9.87 Å². The van der Waals surface area contributed by atoms with Crippen LogP contribution in [0.5, 0.6) is 5.75 Å². The third kappa shape index (κ3) is 3.57. The van der Waals surface area contributed by atoms with E-state index in [1.54, 1.807) is 11.3 Å². The van der Waals surface area contributed by atoms with E-state index < -0.39 is 0 Å². The fraction of sp³-hybridized carbons (Fsp3) is 0.500. The Bertz CT molecular complexity index is 768. The minimum absolute atomic E-state index is 0.0487. The molecule has 1 saturated heterocycles. The van der Waals surface area contributed by atoms with Gasteiger partial charge in [0.2, 0.25) is 5.91 Å². The van der Waals surface area contributed by atoms with Crippen molar-refractivity contribution in [2.24, 2.45) is 11.7 Å². The largest absolute Gasteiger partial charge is 0.494 e. The SMILES string of the molecule is CCOc1ccc2c(c1)sc(=S)n2CN1CCC[C@@H](C(N)=O)C1. The monoisotopic (exact) mass is 351 g/mol. The summed E-state index contributed by atoms with van der Waals surface area (Å²) in [5.74, 6) is 0.623. The molecule has 7 heteroatoms. The Morgan fingerprint density at radius 2 is 2.35 bits per heavy atom. The Kier molecular flexibility index (Phi) is 4.99. The molecular weight excluding hydrogens is 330 g/mol. The summed E-state index contributed by atoms with van der Waals surface area (Å²) in [4.78, 5) is 13.7. The van der Waals surface area contributed by atoms with Gasteiger partial charge in [-0.3, -0.25) is 9.69 Å². The highest BCUT2D eigenvalue weighted by Crippen LogP contribution is 2.28. The molecular formula is C16H21N3O2S2. The van der Waals surface area contributed by atoms with Gasteiger partial charge in [0, 0.05) is 6.54 Å². The summed E-state index contributed by atoms with van der Waals surface area (Å²) in [5.41, 5.74) is 6.58. The zero-order valence-electron chi connectivity index (χ0n) is 13.2. The van der Waals surface area contributed by atoms with Crippen LogP contribution in [-0.2, 0) is 11.5 Å². The number of carbonyl (C=O) groups is 1. The predicted octanol–water partition coefficient (Wildman–Crippen LogP) is 2.99. The van der Waals surface area contributed by atoms with Crippen molar-refractivity contribution in [2.45, 2.75) is 26.4 Å². The van der Waals surface area contributed by atoms with Gasteiger partial charge in [-0.25, -0.2) is 0 Å². The number of nitrogens with zero attached hydrogens (tertiary/aromatic N) is 2. The van der Waals surface area contributed by atoms with Gasteiger partial charge in [0.05, 0.1) is 29.4 Å². The number of fused-ring (bicyclic) bond motifs is 1. The van der Waals surface area contributed by atoms with E-state index >= 15 is 0 Å². The van der Waals surface area contributed by atoms with Gasteiger partial charge in [-0.1, -0.05) is 0 Å². The van der Waals surface area contributed by atoms with Crippen LogP contribution in [0.25, 0.3) is 10.2 Å². The van der Waals surface area contributed by atoms with Crippen LogP contribution >= 0.6 is 23.6 Å². The van der Waals surface area contributed by atoms with E-state index in [2.05, 4.69) is 15.5 Å². The molecule has 124 valence electrons. The van der Waals surface area contributed by atoms with Crippen LogP contribution in [0.1, 0.15) is 19.8 Å². The van der Waals surface area contributed by atoms with E-state index in [1.165, 1.54) is 0 Å². The zero-order chi connectivity index (χ0) is 16.4. The molecule has 1 aliphatic rings. The summed E-state index contributed by atoms with van der Waals surface area (Å²) in [5, 5.41) is 0. The number of rotatable bonds is 5. The number of carbonyl (C=O) groups excluding carboxylic acids is 1. The van der Waals surface area contributed by atoms with Crippen molar-refractivity contribution in [3.63, 3.8) is 0 Å². The van der Waals surface area contributed by atoms with Crippen molar-refractivity contribution in [1.82, 2.24) is 9.47 Å². The molecule has 0 unspecified atom stereocenters. The van der Waals surface area contributed by atoms with Crippen LogP contribution in [0.3, 0.4) is 0 Å². The number of likely N-dealkylation sites (tertiary alicyclic amines) is 1. The van der Waals surface area contributed by atoms with Crippen molar-refractivity contribution < 1.29 is 9.53 Å². The van der Waals surface area contributed by atoms with Crippen molar-refractivity contribution >= 4 is 39.7 Å². The average Bonchev–Trinajstić information content (AvgIpc) is 2.83.